The molecule has 0 saturated heterocycles. The van der Waals surface area contributed by atoms with E-state index in [0.29, 0.717) is 23.9 Å². The van der Waals surface area contributed by atoms with Crippen LogP contribution in [0.25, 0.3) is 0 Å². The second kappa shape index (κ2) is 5.30. The number of anilines is 2. The van der Waals surface area contributed by atoms with E-state index in [4.69, 9.17) is 5.73 Å². The minimum absolute atomic E-state index is 0.287. The number of nitrogens with two attached hydrogens (primary N) is 1. The van der Waals surface area contributed by atoms with Gasteiger partial charge >= 0.3 is 0 Å². The average molecular weight is 311 g/mol. The topological polar surface area (TPSA) is 55.0 Å². The van der Waals surface area contributed by atoms with Crippen molar-refractivity contribution in [3.63, 3.8) is 0 Å². The third-order valence-electron chi connectivity index (χ3n) is 2.43. The Labute approximate surface area is 113 Å². The first kappa shape index (κ1) is 12.8. The van der Waals surface area contributed by atoms with E-state index in [0.717, 1.165) is 4.47 Å². The van der Waals surface area contributed by atoms with Gasteiger partial charge in [0.2, 0.25) is 0 Å². The summed E-state index contributed by atoms with van der Waals surface area (Å²) in [6.07, 6.45) is 1.59. The Bertz CT molecular complexity index is 562. The molecule has 18 heavy (non-hydrogen) atoms. The van der Waals surface area contributed by atoms with Crippen molar-refractivity contribution in [2.24, 2.45) is 0 Å². The number of benzene rings is 1. The Kier molecular flexibility index (Phi) is 3.76. The van der Waals surface area contributed by atoms with Crippen molar-refractivity contribution in [1.29, 1.82) is 0 Å². The van der Waals surface area contributed by atoms with Gasteiger partial charge in [-0.05, 0) is 24.3 Å². The molecule has 1 aromatic heterocycles. The molecule has 0 amide bonds. The molecular weight excluding hydrogens is 299 g/mol. The number of nitrogens with zero attached hydrogens (tertiary/aromatic N) is 3. The fourth-order valence-corrected chi connectivity index (χ4v) is 1.92. The minimum atomic E-state index is -0.287. The normalized spacial score (nSPS) is 10.4. The fraction of sp³-hybridized carbons (Fsp3) is 0.167. The smallest absolute Gasteiger partial charge is 0.149 e. The zero-order valence-electron chi connectivity index (χ0n) is 9.77. The quantitative estimate of drug-likeness (QED) is 0.946. The van der Waals surface area contributed by atoms with Gasteiger partial charge in [0, 0.05) is 17.7 Å². The van der Waals surface area contributed by atoms with E-state index in [1.54, 1.807) is 36.3 Å². The minimum Gasteiger partial charge on any atom is -0.384 e. The lowest BCUT2D eigenvalue weighted by Crippen LogP contribution is -2.19. The van der Waals surface area contributed by atoms with Gasteiger partial charge in [0.15, 0.2) is 0 Å². The number of hydrogen-bond donors (Lipinski definition) is 1. The van der Waals surface area contributed by atoms with Crippen LogP contribution in [0.4, 0.5) is 15.9 Å². The van der Waals surface area contributed by atoms with Crippen LogP contribution >= 0.6 is 15.9 Å². The Balaban J connectivity index is 2.21. The number of rotatable bonds is 3. The van der Waals surface area contributed by atoms with Crippen molar-refractivity contribution < 1.29 is 4.39 Å². The van der Waals surface area contributed by atoms with Crippen molar-refractivity contribution in [3.8, 4) is 0 Å². The zero-order chi connectivity index (χ0) is 13.1. The maximum absolute atomic E-state index is 13.7. The molecule has 2 N–H and O–H groups in total. The maximum Gasteiger partial charge on any atom is 0.149 e. The van der Waals surface area contributed by atoms with E-state index < -0.39 is 0 Å². The molecule has 0 atom stereocenters. The summed E-state index contributed by atoms with van der Waals surface area (Å²) in [5.74, 6) is 0.671. The van der Waals surface area contributed by atoms with Crippen LogP contribution in [0.3, 0.4) is 0 Å². The summed E-state index contributed by atoms with van der Waals surface area (Å²) in [5, 5.41) is 0. The van der Waals surface area contributed by atoms with E-state index in [-0.39, 0.29) is 5.82 Å². The van der Waals surface area contributed by atoms with Gasteiger partial charge in [-0.15, -0.1) is 0 Å². The van der Waals surface area contributed by atoms with E-state index in [1.807, 2.05) is 0 Å². The van der Waals surface area contributed by atoms with E-state index in [1.165, 1.54) is 6.07 Å². The molecule has 0 unspecified atom stereocenters. The molecule has 0 bridgehead atoms. The van der Waals surface area contributed by atoms with Gasteiger partial charge in [0.1, 0.15) is 17.5 Å². The summed E-state index contributed by atoms with van der Waals surface area (Å²) in [5.41, 5.74) is 6.06. The second-order valence-corrected chi connectivity index (χ2v) is 4.77. The first-order valence-electron chi connectivity index (χ1n) is 5.30. The van der Waals surface area contributed by atoms with Crippen LogP contribution in [-0.2, 0) is 6.54 Å². The predicted molar refractivity (Wildman–Crippen MR) is 72.7 cm³/mol. The van der Waals surface area contributed by atoms with Crippen molar-refractivity contribution in [2.75, 3.05) is 17.7 Å². The summed E-state index contributed by atoms with van der Waals surface area (Å²) in [7, 11) is 1.78. The zero-order valence-corrected chi connectivity index (χ0v) is 11.4. The van der Waals surface area contributed by atoms with E-state index in [9.17, 15) is 4.39 Å². The first-order valence-corrected chi connectivity index (χ1v) is 6.09. The second-order valence-electron chi connectivity index (χ2n) is 3.85. The van der Waals surface area contributed by atoms with Crippen LogP contribution in [0.1, 0.15) is 5.82 Å². The van der Waals surface area contributed by atoms with Gasteiger partial charge < -0.3 is 10.6 Å². The summed E-state index contributed by atoms with van der Waals surface area (Å²) < 4.78 is 14.5. The standard InChI is InChI=1S/C12H12BrFN4/c1-18(7-12-16-5-4-11(15)17-12)10-6-8(13)2-3-9(10)14/h2-6H,7H2,1H3,(H2,15,16,17). The molecule has 0 saturated carbocycles. The lowest BCUT2D eigenvalue weighted by Gasteiger charge is -2.19. The highest BCUT2D eigenvalue weighted by molar-refractivity contribution is 9.10. The van der Waals surface area contributed by atoms with Crippen molar-refractivity contribution in [3.05, 3.63) is 46.6 Å². The van der Waals surface area contributed by atoms with Crippen molar-refractivity contribution in [1.82, 2.24) is 9.97 Å². The molecule has 0 aliphatic rings. The van der Waals surface area contributed by atoms with Crippen LogP contribution < -0.4 is 10.6 Å². The molecule has 4 nitrogen and oxygen atoms in total. The number of aromatic nitrogens is 2. The van der Waals surface area contributed by atoms with Crippen LogP contribution in [0.2, 0.25) is 0 Å². The Morgan fingerprint density at radius 2 is 2.17 bits per heavy atom. The van der Waals surface area contributed by atoms with Crippen LogP contribution in [0.15, 0.2) is 34.9 Å². The molecule has 0 aliphatic carbocycles. The molecule has 94 valence electrons. The highest BCUT2D eigenvalue weighted by Crippen LogP contribution is 2.23. The number of nitrogen functional groups attached to an aromatic ring is 1. The summed E-state index contributed by atoms with van der Waals surface area (Å²) in [6, 6.07) is 6.39. The lowest BCUT2D eigenvalue weighted by atomic mass is 10.3. The highest BCUT2D eigenvalue weighted by Gasteiger charge is 2.10. The molecule has 0 spiro atoms. The molecule has 1 heterocycles. The third kappa shape index (κ3) is 2.95. The summed E-state index contributed by atoms with van der Waals surface area (Å²) in [6.45, 7) is 0.387. The first-order chi connectivity index (χ1) is 8.56. The number of hydrogen-bond acceptors (Lipinski definition) is 4. The van der Waals surface area contributed by atoms with E-state index >= 15 is 0 Å². The Morgan fingerprint density at radius 3 is 2.89 bits per heavy atom. The summed E-state index contributed by atoms with van der Waals surface area (Å²) >= 11 is 3.32. The van der Waals surface area contributed by atoms with Gasteiger partial charge in [-0.1, -0.05) is 15.9 Å². The van der Waals surface area contributed by atoms with Gasteiger partial charge in [0.05, 0.1) is 12.2 Å². The van der Waals surface area contributed by atoms with Gasteiger partial charge in [-0.3, -0.25) is 0 Å². The molecular formula is C12H12BrFN4. The van der Waals surface area contributed by atoms with Gasteiger partial charge in [-0.25, -0.2) is 14.4 Å². The van der Waals surface area contributed by atoms with Crippen molar-refractivity contribution in [2.45, 2.75) is 6.54 Å². The van der Waals surface area contributed by atoms with Crippen LogP contribution in [0.5, 0.6) is 0 Å². The molecule has 2 aromatic rings. The van der Waals surface area contributed by atoms with Crippen LogP contribution in [0, 0.1) is 5.82 Å². The molecule has 0 radical (unpaired) electrons. The molecule has 0 fully saturated rings. The van der Waals surface area contributed by atoms with Gasteiger partial charge in [0.25, 0.3) is 0 Å². The maximum atomic E-state index is 13.7. The molecule has 2 rings (SSSR count). The predicted octanol–water partition coefficient (Wildman–Crippen LogP) is 2.60. The van der Waals surface area contributed by atoms with Gasteiger partial charge in [-0.2, -0.15) is 0 Å². The monoisotopic (exact) mass is 310 g/mol. The summed E-state index contributed by atoms with van der Waals surface area (Å²) in [4.78, 5) is 9.90. The SMILES string of the molecule is CN(Cc1nccc(N)n1)c1cc(Br)ccc1F. The Morgan fingerprint density at radius 1 is 1.39 bits per heavy atom. The molecule has 1 aromatic carbocycles. The van der Waals surface area contributed by atoms with Crippen LogP contribution in [-0.4, -0.2) is 17.0 Å². The average Bonchev–Trinajstić information content (AvgIpc) is 2.32. The lowest BCUT2D eigenvalue weighted by molar-refractivity contribution is 0.620. The largest absolute Gasteiger partial charge is 0.384 e. The highest BCUT2D eigenvalue weighted by atomic mass is 79.9. The fourth-order valence-electron chi connectivity index (χ4n) is 1.57. The Hall–Kier alpha value is -1.69. The number of halogens is 2. The molecule has 0 aliphatic heterocycles. The van der Waals surface area contributed by atoms with E-state index in [2.05, 4.69) is 25.9 Å². The molecule has 6 heteroatoms. The van der Waals surface area contributed by atoms with Crippen molar-refractivity contribution >= 4 is 27.4 Å². The third-order valence-corrected chi connectivity index (χ3v) is 2.92.